The molecule has 0 aliphatic heterocycles. The third kappa shape index (κ3) is 5.31. The molecule has 0 radical (unpaired) electrons. The lowest BCUT2D eigenvalue weighted by Crippen LogP contribution is -2.24. The van der Waals surface area contributed by atoms with E-state index in [1.54, 1.807) is 6.08 Å². The fourth-order valence-corrected chi connectivity index (χ4v) is 3.72. The molecule has 1 aromatic heterocycles. The first kappa shape index (κ1) is 23.8. The Bertz CT molecular complexity index is 1060. The van der Waals surface area contributed by atoms with E-state index in [-0.39, 0.29) is 10.7 Å². The molecule has 1 aromatic carbocycles. The molecule has 1 heterocycles. The van der Waals surface area contributed by atoms with Crippen molar-refractivity contribution < 1.29 is 27.5 Å². The number of hydrogen-bond donors (Lipinski definition) is 2. The molecule has 2 atom stereocenters. The van der Waals surface area contributed by atoms with Gasteiger partial charge in [-0.2, -0.15) is 18.1 Å². The number of alkyl halides is 3. The average molecular weight is 472 g/mol. The van der Waals surface area contributed by atoms with E-state index in [1.165, 1.54) is 12.3 Å². The Morgan fingerprint density at radius 1 is 1.34 bits per heavy atom. The maximum Gasteiger partial charge on any atom is 0.419 e. The highest BCUT2D eigenvalue weighted by molar-refractivity contribution is 6.32. The molecule has 0 bridgehead atoms. The smallest absolute Gasteiger partial charge is 0.394 e. The van der Waals surface area contributed by atoms with Crippen LogP contribution in [0.3, 0.4) is 0 Å². The molecule has 0 saturated carbocycles. The van der Waals surface area contributed by atoms with Gasteiger partial charge in [-0.05, 0) is 49.1 Å². The number of nitrogens with zero attached hydrogens (tertiary/aromatic N) is 2. The molecule has 2 aromatic rings. The quantitative estimate of drug-likeness (QED) is 0.429. The molecule has 3 rings (SSSR count). The van der Waals surface area contributed by atoms with Crippen LogP contribution in [0.15, 0.2) is 41.7 Å². The number of carbonyl (C=O) groups excluding carboxylic acids is 1. The van der Waals surface area contributed by atoms with Gasteiger partial charge >= 0.3 is 6.18 Å². The maximum atomic E-state index is 13.7. The Morgan fingerprint density at radius 3 is 2.62 bits per heavy atom. The van der Waals surface area contributed by atoms with Crippen molar-refractivity contribution in [3.05, 3.63) is 69.1 Å². The first-order valence-corrected chi connectivity index (χ1v) is 9.97. The number of anilines is 1. The zero-order valence-corrected chi connectivity index (χ0v) is 17.3. The number of pyridine rings is 1. The summed E-state index contributed by atoms with van der Waals surface area (Å²) in [6, 6.07) is 2.78. The van der Waals surface area contributed by atoms with Crippen LogP contribution < -0.4 is 5.32 Å². The first-order valence-electron chi connectivity index (χ1n) is 9.59. The van der Waals surface area contributed by atoms with Gasteiger partial charge in [-0.3, -0.25) is 9.78 Å². The minimum atomic E-state index is -4.81. The number of hydrogen-bond acceptors (Lipinski definition) is 5. The van der Waals surface area contributed by atoms with Crippen LogP contribution in [0.2, 0.25) is 5.02 Å². The van der Waals surface area contributed by atoms with Crippen LogP contribution in [-0.2, 0) is 11.0 Å². The van der Waals surface area contributed by atoms with Crippen LogP contribution in [-0.4, -0.2) is 22.6 Å². The molecule has 0 fully saturated rings. The zero-order chi connectivity index (χ0) is 23.5. The summed E-state index contributed by atoms with van der Waals surface area (Å²) in [5.41, 5.74) is 0.212. The molecule has 1 aliphatic carbocycles. The zero-order valence-electron chi connectivity index (χ0n) is 16.5. The fourth-order valence-electron chi connectivity index (χ4n) is 3.43. The Labute approximate surface area is 185 Å². The second kappa shape index (κ2) is 9.74. The van der Waals surface area contributed by atoms with Crippen molar-refractivity contribution in [1.82, 2.24) is 4.98 Å². The minimum Gasteiger partial charge on any atom is -0.394 e. The third-order valence-electron chi connectivity index (χ3n) is 5.18. The average Bonchev–Trinajstić information content (AvgIpc) is 2.74. The molecule has 0 spiro atoms. The van der Waals surface area contributed by atoms with Gasteiger partial charge in [0.05, 0.1) is 22.9 Å². The molecule has 1 unspecified atom stereocenters. The highest BCUT2D eigenvalue weighted by Crippen LogP contribution is 2.35. The SMILES string of the molecule is O=N[C@@H](CO)c1cnc(C2=CCC(C(=O)Nc3ccc(C(F)(F)F)c(F)c3)CC2)c(Cl)c1. The number of carbonyl (C=O) groups is 1. The van der Waals surface area contributed by atoms with Crippen molar-refractivity contribution >= 4 is 28.8 Å². The van der Waals surface area contributed by atoms with Crippen molar-refractivity contribution in [2.24, 2.45) is 11.1 Å². The maximum absolute atomic E-state index is 13.7. The summed E-state index contributed by atoms with van der Waals surface area (Å²) in [6.07, 6.45) is -0.401. The summed E-state index contributed by atoms with van der Waals surface area (Å²) in [5, 5.41) is 14.7. The predicted octanol–water partition coefficient (Wildman–Crippen LogP) is 5.51. The van der Waals surface area contributed by atoms with Crippen LogP contribution in [0.4, 0.5) is 23.2 Å². The number of rotatable bonds is 6. The van der Waals surface area contributed by atoms with Crippen LogP contribution in [0, 0.1) is 16.6 Å². The summed E-state index contributed by atoms with van der Waals surface area (Å²) in [7, 11) is 0. The van der Waals surface area contributed by atoms with E-state index < -0.39 is 42.0 Å². The number of aliphatic hydroxyl groups excluding tert-OH is 1. The summed E-state index contributed by atoms with van der Waals surface area (Å²) >= 11 is 6.26. The molecular formula is C21H18ClF4N3O3. The molecule has 32 heavy (non-hydrogen) atoms. The summed E-state index contributed by atoms with van der Waals surface area (Å²) in [6.45, 7) is -0.469. The Hall–Kier alpha value is -2.85. The summed E-state index contributed by atoms with van der Waals surface area (Å²) in [4.78, 5) is 27.5. The van der Waals surface area contributed by atoms with Gasteiger partial charge in [-0.25, -0.2) is 4.39 Å². The lowest BCUT2D eigenvalue weighted by Gasteiger charge is -2.22. The van der Waals surface area contributed by atoms with Gasteiger partial charge in [0.2, 0.25) is 5.91 Å². The molecule has 1 amide bonds. The number of aliphatic hydroxyl groups is 1. The van der Waals surface area contributed by atoms with Crippen LogP contribution >= 0.6 is 11.6 Å². The molecule has 6 nitrogen and oxygen atoms in total. The summed E-state index contributed by atoms with van der Waals surface area (Å²) in [5.74, 6) is -2.35. The Morgan fingerprint density at radius 2 is 2.09 bits per heavy atom. The molecule has 170 valence electrons. The van der Waals surface area contributed by atoms with Gasteiger partial charge in [0, 0.05) is 23.4 Å². The van der Waals surface area contributed by atoms with Crippen molar-refractivity contribution in [2.45, 2.75) is 31.5 Å². The van der Waals surface area contributed by atoms with Crippen molar-refractivity contribution in [3.8, 4) is 0 Å². The van der Waals surface area contributed by atoms with Gasteiger partial charge < -0.3 is 10.4 Å². The van der Waals surface area contributed by atoms with Crippen molar-refractivity contribution in [3.63, 3.8) is 0 Å². The molecule has 1 aliphatic rings. The van der Waals surface area contributed by atoms with Crippen LogP contribution in [0.1, 0.15) is 42.1 Å². The van der Waals surface area contributed by atoms with E-state index in [0.29, 0.717) is 42.7 Å². The van der Waals surface area contributed by atoms with Gasteiger partial charge in [0.15, 0.2) is 0 Å². The van der Waals surface area contributed by atoms with Crippen molar-refractivity contribution in [1.29, 1.82) is 0 Å². The monoisotopic (exact) mass is 471 g/mol. The topological polar surface area (TPSA) is 91.7 Å². The molecule has 11 heteroatoms. The van der Waals surface area contributed by atoms with Gasteiger partial charge in [-0.15, -0.1) is 0 Å². The van der Waals surface area contributed by atoms with E-state index >= 15 is 0 Å². The van der Waals surface area contributed by atoms with E-state index in [0.717, 1.165) is 11.6 Å². The standard InChI is InChI=1S/C21H18ClF4N3O3/c22-16-7-13(18(10-30)29-32)9-27-19(16)11-1-3-12(4-2-11)20(31)28-14-5-6-15(17(23)8-14)21(24,25)26/h1,5-9,12,18,30H,2-4,10H2,(H,28,31)/t12?,18-/m0/s1. The summed E-state index contributed by atoms with van der Waals surface area (Å²) < 4.78 is 51.7. The third-order valence-corrected chi connectivity index (χ3v) is 5.46. The second-order valence-electron chi connectivity index (χ2n) is 7.29. The largest absolute Gasteiger partial charge is 0.419 e. The number of halogens is 5. The van der Waals surface area contributed by atoms with Crippen molar-refractivity contribution in [2.75, 3.05) is 11.9 Å². The number of amides is 1. The Balaban J connectivity index is 1.67. The second-order valence-corrected chi connectivity index (χ2v) is 7.69. The predicted molar refractivity (Wildman–Crippen MR) is 110 cm³/mol. The fraction of sp³-hybridized carbons (Fsp3) is 0.333. The number of benzene rings is 1. The van der Waals surface area contributed by atoms with E-state index in [4.69, 9.17) is 16.7 Å². The van der Waals surface area contributed by atoms with Gasteiger partial charge in [0.25, 0.3) is 0 Å². The highest BCUT2D eigenvalue weighted by atomic mass is 35.5. The van der Waals surface area contributed by atoms with Gasteiger partial charge in [0.1, 0.15) is 11.9 Å². The minimum absolute atomic E-state index is 0.0576. The number of allylic oxidation sites excluding steroid dienone is 2. The molecular weight excluding hydrogens is 454 g/mol. The number of aromatic nitrogens is 1. The van der Waals surface area contributed by atoms with Crippen LogP contribution in [0.25, 0.3) is 5.57 Å². The normalized spacial score (nSPS) is 17.4. The first-order chi connectivity index (χ1) is 15.1. The lowest BCUT2D eigenvalue weighted by molar-refractivity contribution is -0.140. The molecule has 2 N–H and O–H groups in total. The number of nitrogens with one attached hydrogen (secondary N) is 1. The highest BCUT2D eigenvalue weighted by Gasteiger charge is 2.34. The van der Waals surface area contributed by atoms with E-state index in [2.05, 4.69) is 15.5 Å². The van der Waals surface area contributed by atoms with Crippen LogP contribution in [0.5, 0.6) is 0 Å². The number of nitroso groups, excluding NO2 is 1. The van der Waals surface area contributed by atoms with E-state index in [1.807, 2.05) is 0 Å². The lowest BCUT2D eigenvalue weighted by atomic mass is 9.87. The molecule has 0 saturated heterocycles. The Kier molecular flexibility index (Phi) is 7.25. The van der Waals surface area contributed by atoms with Gasteiger partial charge in [-0.1, -0.05) is 22.9 Å². The van der Waals surface area contributed by atoms with E-state index in [9.17, 15) is 27.3 Å².